The second kappa shape index (κ2) is 20.0. The van der Waals surface area contributed by atoms with Crippen molar-refractivity contribution in [3.8, 4) is 0 Å². The van der Waals surface area contributed by atoms with E-state index >= 15 is 0 Å². The number of halogens is 1. The molecule has 0 amide bonds. The third-order valence-corrected chi connectivity index (χ3v) is 4.11. The van der Waals surface area contributed by atoms with Crippen LogP contribution < -0.4 is 0 Å². The highest BCUT2D eigenvalue weighted by Gasteiger charge is 2.08. The molecule has 0 unspecified atom stereocenters. The normalized spacial score (nSPS) is 12.7. The van der Waals surface area contributed by atoms with Gasteiger partial charge in [-0.2, -0.15) is 0 Å². The van der Waals surface area contributed by atoms with Crippen LogP contribution in [0.5, 0.6) is 0 Å². The molecule has 0 saturated carbocycles. The number of hydrogen-bond donors (Lipinski definition) is 0. The van der Waals surface area contributed by atoms with Crippen molar-refractivity contribution in [1.29, 1.82) is 0 Å². The van der Waals surface area contributed by atoms with Crippen LogP contribution in [0.4, 0.5) is 0 Å². The van der Waals surface area contributed by atoms with Gasteiger partial charge in [-0.05, 0) is 33.5 Å². The maximum absolute atomic E-state index is 2.33. The van der Waals surface area contributed by atoms with Crippen molar-refractivity contribution >= 4 is 12.4 Å². The van der Waals surface area contributed by atoms with Crippen molar-refractivity contribution < 1.29 is 0 Å². The first-order valence-electron chi connectivity index (χ1n) is 9.96. The minimum atomic E-state index is 0. The van der Waals surface area contributed by atoms with E-state index in [-0.39, 0.29) is 12.4 Å². The molecule has 0 fully saturated rings. The Bertz CT molecular complexity index is 229. The Morgan fingerprint density at radius 1 is 0.609 bits per heavy atom. The lowest BCUT2D eigenvalue weighted by Crippen LogP contribution is -1.99. The molecule has 0 aromatic carbocycles. The number of hydrogen-bond acceptors (Lipinski definition) is 1. The smallest absolute Gasteiger partial charge is 0.00531 e. The second-order valence-corrected chi connectivity index (χ2v) is 7.42. The van der Waals surface area contributed by atoms with Gasteiger partial charge in [0.1, 0.15) is 0 Å². The quantitative estimate of drug-likeness (QED) is 0.236. The van der Waals surface area contributed by atoms with Gasteiger partial charge in [0.05, 0.1) is 0 Å². The molecule has 0 spiro atoms. The molecule has 0 N–H and O–H groups in total. The standard InChI is InChI=1S/C18H34.C3H9N.ClH/c1-2-3-4-5-6-7-8-9-10-11-12-13-14-15-18-16-17-18;1-4(2)3;/h16-18H,2-15H2,1H3;1-3H3;1H. The molecule has 0 aromatic heterocycles. The first kappa shape index (κ1) is 25.2. The SMILES string of the molecule is CCCCCCCCCCCCCCCC1C=C1.CN(C)C.Cl. The van der Waals surface area contributed by atoms with Crippen LogP contribution in [0.1, 0.15) is 96.8 Å². The highest BCUT2D eigenvalue weighted by molar-refractivity contribution is 5.85. The van der Waals surface area contributed by atoms with Gasteiger partial charge in [-0.15, -0.1) is 12.4 Å². The van der Waals surface area contributed by atoms with Crippen molar-refractivity contribution in [3.05, 3.63) is 12.2 Å². The van der Waals surface area contributed by atoms with Crippen LogP contribution in [0.25, 0.3) is 0 Å². The van der Waals surface area contributed by atoms with E-state index in [2.05, 4.69) is 19.1 Å². The van der Waals surface area contributed by atoms with E-state index in [0.29, 0.717) is 0 Å². The topological polar surface area (TPSA) is 3.24 Å². The number of unbranched alkanes of at least 4 members (excludes halogenated alkanes) is 12. The van der Waals surface area contributed by atoms with Crippen molar-refractivity contribution in [2.24, 2.45) is 5.92 Å². The summed E-state index contributed by atoms with van der Waals surface area (Å²) in [5, 5.41) is 0. The van der Waals surface area contributed by atoms with Crippen molar-refractivity contribution in [2.45, 2.75) is 96.8 Å². The van der Waals surface area contributed by atoms with Crippen LogP contribution in [0, 0.1) is 5.92 Å². The van der Waals surface area contributed by atoms with E-state index in [1.165, 1.54) is 89.9 Å². The fourth-order valence-corrected chi connectivity index (χ4v) is 2.67. The first-order valence-corrected chi connectivity index (χ1v) is 9.96. The molecule has 0 bridgehead atoms. The average molecular weight is 346 g/mol. The van der Waals surface area contributed by atoms with E-state index < -0.39 is 0 Å². The van der Waals surface area contributed by atoms with Gasteiger partial charge in [-0.3, -0.25) is 0 Å². The van der Waals surface area contributed by atoms with Gasteiger partial charge in [0, 0.05) is 0 Å². The van der Waals surface area contributed by atoms with Crippen LogP contribution in [0.2, 0.25) is 0 Å². The van der Waals surface area contributed by atoms with Crippen LogP contribution in [-0.2, 0) is 0 Å². The van der Waals surface area contributed by atoms with E-state index in [1.54, 1.807) is 0 Å². The van der Waals surface area contributed by atoms with Crippen LogP contribution in [-0.4, -0.2) is 26.0 Å². The van der Waals surface area contributed by atoms with Crippen LogP contribution in [0.15, 0.2) is 12.2 Å². The predicted molar refractivity (Wildman–Crippen MR) is 110 cm³/mol. The number of allylic oxidation sites excluding steroid dienone is 2. The molecular weight excluding hydrogens is 302 g/mol. The first-order chi connectivity index (χ1) is 10.7. The van der Waals surface area contributed by atoms with Crippen molar-refractivity contribution in [3.63, 3.8) is 0 Å². The molecule has 1 aliphatic carbocycles. The predicted octanol–water partition coefficient (Wildman–Crippen LogP) is 7.25. The molecule has 23 heavy (non-hydrogen) atoms. The molecule has 0 aromatic rings. The second-order valence-electron chi connectivity index (χ2n) is 7.42. The molecule has 0 aliphatic heterocycles. The lowest BCUT2D eigenvalue weighted by Gasteiger charge is -2.03. The Hall–Kier alpha value is -0.0100. The summed E-state index contributed by atoms with van der Waals surface area (Å²) in [6.07, 6.45) is 25.1. The molecule has 1 rings (SSSR count). The molecule has 0 saturated heterocycles. The van der Waals surface area contributed by atoms with E-state index in [9.17, 15) is 0 Å². The summed E-state index contributed by atoms with van der Waals surface area (Å²) < 4.78 is 0. The third kappa shape index (κ3) is 27.2. The van der Waals surface area contributed by atoms with Crippen LogP contribution >= 0.6 is 12.4 Å². The Kier molecular flexibility index (Phi) is 22.0. The van der Waals surface area contributed by atoms with Gasteiger partial charge in [0.25, 0.3) is 0 Å². The Labute approximate surface area is 153 Å². The van der Waals surface area contributed by atoms with E-state index in [4.69, 9.17) is 0 Å². The Morgan fingerprint density at radius 2 is 0.913 bits per heavy atom. The summed E-state index contributed by atoms with van der Waals surface area (Å²) in [4.78, 5) is 2.00. The summed E-state index contributed by atoms with van der Waals surface area (Å²) in [6.45, 7) is 2.29. The maximum atomic E-state index is 2.33. The molecule has 0 radical (unpaired) electrons. The molecule has 1 nitrogen and oxygen atoms in total. The highest BCUT2D eigenvalue weighted by atomic mass is 35.5. The van der Waals surface area contributed by atoms with Gasteiger partial charge < -0.3 is 4.90 Å². The lowest BCUT2D eigenvalue weighted by molar-refractivity contribution is 0.505. The van der Waals surface area contributed by atoms with Crippen LogP contribution in [0.3, 0.4) is 0 Å². The maximum Gasteiger partial charge on any atom is -0.00531 e. The molecule has 0 atom stereocenters. The number of rotatable bonds is 14. The highest BCUT2D eigenvalue weighted by Crippen LogP contribution is 2.23. The Morgan fingerprint density at radius 3 is 1.22 bits per heavy atom. The summed E-state index contributed by atoms with van der Waals surface area (Å²) in [5.41, 5.74) is 0. The van der Waals surface area contributed by atoms with Crippen molar-refractivity contribution in [2.75, 3.05) is 21.1 Å². The average Bonchev–Trinajstić information content (AvgIpc) is 3.27. The zero-order valence-electron chi connectivity index (χ0n) is 16.5. The summed E-state index contributed by atoms with van der Waals surface area (Å²) in [5.74, 6) is 0.901. The molecular formula is C21H44ClN. The summed E-state index contributed by atoms with van der Waals surface area (Å²) >= 11 is 0. The third-order valence-electron chi connectivity index (χ3n) is 4.11. The largest absolute Gasteiger partial charge is 0.312 e. The van der Waals surface area contributed by atoms with E-state index in [0.717, 1.165) is 5.92 Å². The molecule has 1 aliphatic rings. The zero-order chi connectivity index (χ0) is 16.5. The number of nitrogens with zero attached hydrogens (tertiary/aromatic N) is 1. The van der Waals surface area contributed by atoms with Crippen molar-refractivity contribution in [1.82, 2.24) is 4.90 Å². The summed E-state index contributed by atoms with van der Waals surface area (Å²) in [6, 6.07) is 0. The fourth-order valence-electron chi connectivity index (χ4n) is 2.67. The fraction of sp³-hybridized carbons (Fsp3) is 0.905. The van der Waals surface area contributed by atoms with Gasteiger partial charge in [-0.1, -0.05) is 103 Å². The van der Waals surface area contributed by atoms with Gasteiger partial charge in [0.15, 0.2) is 0 Å². The summed E-state index contributed by atoms with van der Waals surface area (Å²) in [7, 11) is 6.00. The molecule has 140 valence electrons. The van der Waals surface area contributed by atoms with Gasteiger partial charge in [-0.25, -0.2) is 0 Å². The minimum absolute atomic E-state index is 0. The zero-order valence-corrected chi connectivity index (χ0v) is 17.3. The lowest BCUT2D eigenvalue weighted by atomic mass is 10.0. The monoisotopic (exact) mass is 345 g/mol. The Balaban J connectivity index is 0. The van der Waals surface area contributed by atoms with E-state index in [1.807, 2.05) is 26.0 Å². The van der Waals surface area contributed by atoms with Gasteiger partial charge in [0.2, 0.25) is 0 Å². The molecule has 0 heterocycles. The minimum Gasteiger partial charge on any atom is -0.312 e. The molecule has 2 heteroatoms. The van der Waals surface area contributed by atoms with Gasteiger partial charge >= 0.3 is 0 Å².